The highest BCUT2D eigenvalue weighted by Gasteiger charge is 2.46. The average molecular weight is 274 g/mol. The Balaban J connectivity index is 1.81. The van der Waals surface area contributed by atoms with E-state index in [-0.39, 0.29) is 11.6 Å². The van der Waals surface area contributed by atoms with Crippen LogP contribution in [0.25, 0.3) is 0 Å². The molecule has 1 spiro atoms. The van der Waals surface area contributed by atoms with Crippen LogP contribution in [0, 0.1) is 6.92 Å². The predicted octanol–water partition coefficient (Wildman–Crippen LogP) is 1.89. The molecular formula is C16H22N2O2. The van der Waals surface area contributed by atoms with Crippen LogP contribution in [0.1, 0.15) is 28.8 Å². The molecule has 0 N–H and O–H groups in total. The minimum absolute atomic E-state index is 0.104. The summed E-state index contributed by atoms with van der Waals surface area (Å²) in [7, 11) is 2.12. The van der Waals surface area contributed by atoms with Crippen molar-refractivity contribution in [3.05, 3.63) is 35.4 Å². The Bertz CT molecular complexity index is 490. The van der Waals surface area contributed by atoms with Crippen LogP contribution in [-0.2, 0) is 4.74 Å². The van der Waals surface area contributed by atoms with E-state index in [0.717, 1.165) is 31.5 Å². The first kappa shape index (κ1) is 13.6. The highest BCUT2D eigenvalue weighted by atomic mass is 16.5. The summed E-state index contributed by atoms with van der Waals surface area (Å²) < 4.78 is 5.99. The topological polar surface area (TPSA) is 32.8 Å². The van der Waals surface area contributed by atoms with Crippen LogP contribution in [0.5, 0.6) is 0 Å². The van der Waals surface area contributed by atoms with Crippen LogP contribution >= 0.6 is 0 Å². The van der Waals surface area contributed by atoms with Gasteiger partial charge in [-0.05, 0) is 26.1 Å². The van der Waals surface area contributed by atoms with Gasteiger partial charge >= 0.3 is 0 Å². The first-order valence-corrected chi connectivity index (χ1v) is 7.32. The first-order valence-electron chi connectivity index (χ1n) is 7.32. The lowest BCUT2D eigenvalue weighted by atomic mass is 9.98. The van der Waals surface area contributed by atoms with Crippen molar-refractivity contribution in [3.63, 3.8) is 0 Å². The van der Waals surface area contributed by atoms with Gasteiger partial charge in [0, 0.05) is 38.0 Å². The number of nitrogens with zero attached hydrogens (tertiary/aromatic N) is 2. The number of likely N-dealkylation sites (tertiary alicyclic amines) is 1. The Labute approximate surface area is 120 Å². The molecule has 1 aromatic rings. The average Bonchev–Trinajstić information content (AvgIpc) is 2.86. The van der Waals surface area contributed by atoms with E-state index in [2.05, 4.69) is 11.9 Å². The van der Waals surface area contributed by atoms with Gasteiger partial charge in [-0.2, -0.15) is 0 Å². The number of benzene rings is 1. The second-order valence-electron chi connectivity index (χ2n) is 5.92. The third kappa shape index (κ3) is 2.34. The summed E-state index contributed by atoms with van der Waals surface area (Å²) in [5.74, 6) is 0.104. The summed E-state index contributed by atoms with van der Waals surface area (Å²) in [6.45, 7) is 5.36. The lowest BCUT2D eigenvalue weighted by molar-refractivity contribution is -0.102. The Hall–Kier alpha value is -1.39. The van der Waals surface area contributed by atoms with E-state index >= 15 is 0 Å². The Kier molecular flexibility index (Phi) is 3.52. The molecule has 3 rings (SSSR count). The first-order chi connectivity index (χ1) is 9.61. The van der Waals surface area contributed by atoms with Crippen molar-refractivity contribution in [1.29, 1.82) is 0 Å². The van der Waals surface area contributed by atoms with E-state index in [1.54, 1.807) is 0 Å². The highest BCUT2D eigenvalue weighted by Crippen LogP contribution is 2.34. The number of rotatable bonds is 1. The standard InChI is InChI=1S/C16H22N2O2/c1-13-3-5-14(6-4-13)15(19)18-11-12-20-16(18)7-9-17(2)10-8-16/h3-6H,7-12H2,1-2H3. The van der Waals surface area contributed by atoms with E-state index in [1.165, 1.54) is 5.56 Å². The summed E-state index contributed by atoms with van der Waals surface area (Å²) >= 11 is 0. The maximum absolute atomic E-state index is 12.7. The molecule has 108 valence electrons. The normalized spacial score (nSPS) is 22.4. The SMILES string of the molecule is Cc1ccc(C(=O)N2CCOC23CCN(C)CC3)cc1. The molecule has 2 aliphatic rings. The second kappa shape index (κ2) is 5.19. The number of aryl methyl sites for hydroxylation is 1. The van der Waals surface area contributed by atoms with Crippen LogP contribution in [0.4, 0.5) is 0 Å². The molecule has 0 aromatic heterocycles. The summed E-state index contributed by atoms with van der Waals surface area (Å²) in [5.41, 5.74) is 1.57. The monoisotopic (exact) mass is 274 g/mol. The van der Waals surface area contributed by atoms with Gasteiger partial charge in [-0.25, -0.2) is 0 Å². The van der Waals surface area contributed by atoms with Crippen LogP contribution in [-0.4, -0.2) is 54.7 Å². The molecule has 0 atom stereocenters. The van der Waals surface area contributed by atoms with E-state index in [0.29, 0.717) is 13.2 Å². The molecule has 0 unspecified atom stereocenters. The summed E-state index contributed by atoms with van der Waals surface area (Å²) in [6.07, 6.45) is 1.81. The summed E-state index contributed by atoms with van der Waals surface area (Å²) in [5, 5.41) is 0. The third-order valence-electron chi connectivity index (χ3n) is 4.49. The zero-order valence-electron chi connectivity index (χ0n) is 12.3. The lowest BCUT2D eigenvalue weighted by Crippen LogP contribution is -2.54. The fraction of sp³-hybridized carbons (Fsp3) is 0.562. The molecule has 2 fully saturated rings. The van der Waals surface area contributed by atoms with E-state index in [9.17, 15) is 4.79 Å². The van der Waals surface area contributed by atoms with Gasteiger partial charge in [0.2, 0.25) is 0 Å². The molecular weight excluding hydrogens is 252 g/mol. The number of hydrogen-bond acceptors (Lipinski definition) is 3. The van der Waals surface area contributed by atoms with Crippen molar-refractivity contribution >= 4 is 5.91 Å². The molecule has 4 heteroatoms. The maximum atomic E-state index is 12.7. The Morgan fingerprint density at radius 1 is 1.15 bits per heavy atom. The van der Waals surface area contributed by atoms with Gasteiger partial charge in [0.15, 0.2) is 0 Å². The second-order valence-corrected chi connectivity index (χ2v) is 5.92. The van der Waals surface area contributed by atoms with Crippen molar-refractivity contribution in [1.82, 2.24) is 9.80 Å². The van der Waals surface area contributed by atoms with E-state index in [1.807, 2.05) is 36.1 Å². The molecule has 2 saturated heterocycles. The van der Waals surface area contributed by atoms with E-state index < -0.39 is 0 Å². The third-order valence-corrected chi connectivity index (χ3v) is 4.49. The largest absolute Gasteiger partial charge is 0.354 e. The van der Waals surface area contributed by atoms with Crippen molar-refractivity contribution in [2.24, 2.45) is 0 Å². The maximum Gasteiger partial charge on any atom is 0.256 e. The number of ether oxygens (including phenoxy) is 1. The highest BCUT2D eigenvalue weighted by molar-refractivity contribution is 5.94. The molecule has 1 amide bonds. The predicted molar refractivity (Wildman–Crippen MR) is 77.6 cm³/mol. The molecule has 2 heterocycles. The van der Waals surface area contributed by atoms with E-state index in [4.69, 9.17) is 4.74 Å². The smallest absolute Gasteiger partial charge is 0.256 e. The van der Waals surface area contributed by atoms with Gasteiger partial charge in [0.1, 0.15) is 5.72 Å². The fourth-order valence-corrected chi connectivity index (χ4v) is 3.13. The number of carbonyl (C=O) groups excluding carboxylic acids is 1. The molecule has 1 aromatic carbocycles. The lowest BCUT2D eigenvalue weighted by Gasteiger charge is -2.42. The molecule has 0 saturated carbocycles. The minimum Gasteiger partial charge on any atom is -0.354 e. The quantitative estimate of drug-likeness (QED) is 0.784. The van der Waals surface area contributed by atoms with Crippen molar-refractivity contribution < 1.29 is 9.53 Å². The molecule has 0 aliphatic carbocycles. The number of amides is 1. The number of piperidine rings is 1. The van der Waals surface area contributed by atoms with Crippen LogP contribution in [0.15, 0.2) is 24.3 Å². The molecule has 4 nitrogen and oxygen atoms in total. The van der Waals surface area contributed by atoms with Crippen molar-refractivity contribution in [2.45, 2.75) is 25.5 Å². The zero-order valence-corrected chi connectivity index (χ0v) is 12.3. The fourth-order valence-electron chi connectivity index (χ4n) is 3.13. The summed E-state index contributed by atoms with van der Waals surface area (Å²) in [6, 6.07) is 7.81. The van der Waals surface area contributed by atoms with Gasteiger partial charge in [0.05, 0.1) is 6.61 Å². The number of hydrogen-bond donors (Lipinski definition) is 0. The molecule has 20 heavy (non-hydrogen) atoms. The zero-order chi connectivity index (χ0) is 14.2. The van der Waals surface area contributed by atoms with Crippen molar-refractivity contribution in [2.75, 3.05) is 33.3 Å². The van der Waals surface area contributed by atoms with Gasteiger partial charge in [-0.15, -0.1) is 0 Å². The minimum atomic E-state index is -0.367. The van der Waals surface area contributed by atoms with Crippen molar-refractivity contribution in [3.8, 4) is 0 Å². The van der Waals surface area contributed by atoms with Crippen LogP contribution in [0.3, 0.4) is 0 Å². The van der Waals surface area contributed by atoms with Crippen LogP contribution in [0.2, 0.25) is 0 Å². The molecule has 0 bridgehead atoms. The van der Waals surface area contributed by atoms with Crippen LogP contribution < -0.4 is 0 Å². The Morgan fingerprint density at radius 3 is 2.45 bits per heavy atom. The molecule has 2 aliphatic heterocycles. The summed E-state index contributed by atoms with van der Waals surface area (Å²) in [4.78, 5) is 17.0. The van der Waals surface area contributed by atoms with Gasteiger partial charge < -0.3 is 14.5 Å². The number of carbonyl (C=O) groups is 1. The van der Waals surface area contributed by atoms with Gasteiger partial charge in [0.25, 0.3) is 5.91 Å². The molecule has 0 radical (unpaired) electrons. The van der Waals surface area contributed by atoms with Gasteiger partial charge in [-0.3, -0.25) is 4.79 Å². The Morgan fingerprint density at radius 2 is 1.80 bits per heavy atom. The van der Waals surface area contributed by atoms with Gasteiger partial charge in [-0.1, -0.05) is 17.7 Å².